The summed E-state index contributed by atoms with van der Waals surface area (Å²) in [6.07, 6.45) is 0. The van der Waals surface area contributed by atoms with Crippen molar-refractivity contribution in [2.75, 3.05) is 44.7 Å². The first-order valence-corrected chi connectivity index (χ1v) is 6.38. The maximum absolute atomic E-state index is 11.6. The van der Waals surface area contributed by atoms with Gasteiger partial charge in [-0.2, -0.15) is 0 Å². The maximum atomic E-state index is 11.6. The molecular formula is C13H19N3O3. The number of anilines is 1. The van der Waals surface area contributed by atoms with Crippen LogP contribution in [0.4, 0.5) is 10.5 Å². The lowest BCUT2D eigenvalue weighted by Crippen LogP contribution is -2.42. The number of rotatable bonds is 4. The molecule has 0 bridgehead atoms. The average molecular weight is 265 g/mol. The smallest absolute Gasteiger partial charge is 0.319 e. The van der Waals surface area contributed by atoms with Gasteiger partial charge in [-0.3, -0.25) is 4.90 Å². The molecule has 104 valence electrons. The molecule has 1 aromatic carbocycles. The van der Waals surface area contributed by atoms with Crippen LogP contribution in [-0.4, -0.2) is 55.4 Å². The van der Waals surface area contributed by atoms with Gasteiger partial charge >= 0.3 is 6.03 Å². The van der Waals surface area contributed by atoms with Crippen LogP contribution in [0.3, 0.4) is 0 Å². The lowest BCUT2D eigenvalue weighted by atomic mass is 10.3. The molecule has 1 fully saturated rings. The largest absolute Gasteiger partial charge is 0.508 e. The second kappa shape index (κ2) is 6.96. The number of ether oxygens (including phenoxy) is 1. The van der Waals surface area contributed by atoms with Crippen LogP contribution in [0.15, 0.2) is 24.3 Å². The zero-order valence-electron chi connectivity index (χ0n) is 10.8. The van der Waals surface area contributed by atoms with E-state index in [2.05, 4.69) is 15.5 Å². The number of phenolic OH excluding ortho intramolecular Hbond substituents is 1. The van der Waals surface area contributed by atoms with Crippen LogP contribution in [0.5, 0.6) is 5.75 Å². The molecule has 3 N–H and O–H groups in total. The Bertz CT molecular complexity index is 419. The fourth-order valence-electron chi connectivity index (χ4n) is 1.91. The Balaban J connectivity index is 1.67. The van der Waals surface area contributed by atoms with Crippen molar-refractivity contribution >= 4 is 11.7 Å². The van der Waals surface area contributed by atoms with Gasteiger partial charge in [0.1, 0.15) is 5.75 Å². The molecule has 1 aromatic rings. The van der Waals surface area contributed by atoms with Gasteiger partial charge in [0.05, 0.1) is 13.2 Å². The number of amides is 2. The molecule has 2 rings (SSSR count). The third-order valence-electron chi connectivity index (χ3n) is 2.92. The average Bonchev–Trinajstić information content (AvgIpc) is 2.40. The minimum absolute atomic E-state index is 0.131. The van der Waals surface area contributed by atoms with Crippen LogP contribution in [0.25, 0.3) is 0 Å². The normalized spacial score (nSPS) is 16.0. The molecule has 0 aromatic heterocycles. The van der Waals surface area contributed by atoms with E-state index in [1.165, 1.54) is 6.07 Å². The summed E-state index contributed by atoms with van der Waals surface area (Å²) in [7, 11) is 0. The number of phenols is 1. The molecular weight excluding hydrogens is 246 g/mol. The topological polar surface area (TPSA) is 73.8 Å². The minimum Gasteiger partial charge on any atom is -0.508 e. The zero-order chi connectivity index (χ0) is 13.5. The van der Waals surface area contributed by atoms with Gasteiger partial charge < -0.3 is 20.5 Å². The van der Waals surface area contributed by atoms with Crippen LogP contribution in [0.2, 0.25) is 0 Å². The second-order valence-electron chi connectivity index (χ2n) is 4.39. The third kappa shape index (κ3) is 4.76. The minimum atomic E-state index is -0.265. The Morgan fingerprint density at radius 2 is 2.16 bits per heavy atom. The van der Waals surface area contributed by atoms with Crippen LogP contribution < -0.4 is 10.6 Å². The Morgan fingerprint density at radius 1 is 1.37 bits per heavy atom. The van der Waals surface area contributed by atoms with Crippen molar-refractivity contribution in [1.29, 1.82) is 0 Å². The van der Waals surface area contributed by atoms with Crippen molar-refractivity contribution in [3.8, 4) is 5.75 Å². The van der Waals surface area contributed by atoms with Gasteiger partial charge in [0, 0.05) is 37.9 Å². The van der Waals surface area contributed by atoms with Gasteiger partial charge in [0.25, 0.3) is 0 Å². The third-order valence-corrected chi connectivity index (χ3v) is 2.92. The Hall–Kier alpha value is -1.79. The molecule has 1 saturated heterocycles. The summed E-state index contributed by atoms with van der Waals surface area (Å²) in [6, 6.07) is 6.20. The molecule has 0 unspecified atom stereocenters. The van der Waals surface area contributed by atoms with Crippen molar-refractivity contribution in [1.82, 2.24) is 10.2 Å². The van der Waals surface area contributed by atoms with E-state index in [0.717, 1.165) is 32.8 Å². The van der Waals surface area contributed by atoms with Gasteiger partial charge in [0.2, 0.25) is 0 Å². The molecule has 6 nitrogen and oxygen atoms in total. The summed E-state index contributed by atoms with van der Waals surface area (Å²) in [5.41, 5.74) is 0.573. The van der Waals surface area contributed by atoms with Crippen molar-refractivity contribution in [3.05, 3.63) is 24.3 Å². The number of hydrogen-bond donors (Lipinski definition) is 3. The molecule has 2 amide bonds. The summed E-state index contributed by atoms with van der Waals surface area (Å²) in [6.45, 7) is 4.75. The summed E-state index contributed by atoms with van der Waals surface area (Å²) in [5, 5.41) is 14.7. The lowest BCUT2D eigenvalue weighted by molar-refractivity contribution is 0.0388. The number of carbonyl (C=O) groups excluding carboxylic acids is 1. The molecule has 1 aliphatic rings. The van der Waals surface area contributed by atoms with E-state index in [9.17, 15) is 9.90 Å². The first kappa shape index (κ1) is 13.6. The molecule has 19 heavy (non-hydrogen) atoms. The van der Waals surface area contributed by atoms with Crippen LogP contribution in [0, 0.1) is 0 Å². The summed E-state index contributed by atoms with van der Waals surface area (Å²) >= 11 is 0. The van der Waals surface area contributed by atoms with Crippen LogP contribution >= 0.6 is 0 Å². The van der Waals surface area contributed by atoms with Crippen LogP contribution in [0.1, 0.15) is 0 Å². The van der Waals surface area contributed by atoms with E-state index in [4.69, 9.17) is 4.74 Å². The highest BCUT2D eigenvalue weighted by atomic mass is 16.5. The monoisotopic (exact) mass is 265 g/mol. The van der Waals surface area contributed by atoms with Crippen molar-refractivity contribution in [2.24, 2.45) is 0 Å². The molecule has 0 aliphatic carbocycles. The number of aromatic hydroxyl groups is 1. The van der Waals surface area contributed by atoms with Gasteiger partial charge in [-0.1, -0.05) is 6.07 Å². The summed E-state index contributed by atoms with van der Waals surface area (Å²) in [4.78, 5) is 13.9. The van der Waals surface area contributed by atoms with Gasteiger partial charge in [0.15, 0.2) is 0 Å². The van der Waals surface area contributed by atoms with E-state index in [0.29, 0.717) is 12.2 Å². The number of urea groups is 1. The Kier molecular flexibility index (Phi) is 5.00. The highest BCUT2D eigenvalue weighted by Gasteiger charge is 2.10. The van der Waals surface area contributed by atoms with Crippen LogP contribution in [-0.2, 0) is 4.74 Å². The first-order chi connectivity index (χ1) is 9.24. The summed E-state index contributed by atoms with van der Waals surface area (Å²) in [5.74, 6) is 0.131. The number of morpholine rings is 1. The molecule has 0 radical (unpaired) electrons. The number of nitrogens with zero attached hydrogens (tertiary/aromatic N) is 1. The predicted octanol–water partition coefficient (Wildman–Crippen LogP) is 0.846. The lowest BCUT2D eigenvalue weighted by Gasteiger charge is -2.26. The van der Waals surface area contributed by atoms with Crippen molar-refractivity contribution in [3.63, 3.8) is 0 Å². The van der Waals surface area contributed by atoms with Gasteiger partial charge in [-0.25, -0.2) is 4.79 Å². The highest BCUT2D eigenvalue weighted by Crippen LogP contribution is 2.14. The van der Waals surface area contributed by atoms with Crippen molar-refractivity contribution < 1.29 is 14.6 Å². The van der Waals surface area contributed by atoms with Gasteiger partial charge in [-0.05, 0) is 12.1 Å². The first-order valence-electron chi connectivity index (χ1n) is 6.38. The number of nitrogens with one attached hydrogen (secondary N) is 2. The number of hydrogen-bond acceptors (Lipinski definition) is 4. The molecule has 0 spiro atoms. The maximum Gasteiger partial charge on any atom is 0.319 e. The fraction of sp³-hybridized carbons (Fsp3) is 0.462. The quantitative estimate of drug-likeness (QED) is 0.754. The summed E-state index contributed by atoms with van der Waals surface area (Å²) < 4.78 is 5.25. The van der Waals surface area contributed by atoms with Gasteiger partial charge in [-0.15, -0.1) is 0 Å². The van der Waals surface area contributed by atoms with E-state index in [1.807, 2.05) is 0 Å². The standard InChI is InChI=1S/C13H19N3O3/c17-12-3-1-2-11(10-12)15-13(18)14-4-5-16-6-8-19-9-7-16/h1-3,10,17H,4-9H2,(H2,14,15,18). The Morgan fingerprint density at radius 3 is 2.89 bits per heavy atom. The van der Waals surface area contributed by atoms with E-state index in [-0.39, 0.29) is 11.8 Å². The Labute approximate surface area is 112 Å². The molecule has 0 saturated carbocycles. The fourth-order valence-corrected chi connectivity index (χ4v) is 1.91. The number of carbonyl (C=O) groups is 1. The van der Waals surface area contributed by atoms with E-state index < -0.39 is 0 Å². The predicted molar refractivity (Wildman–Crippen MR) is 72.4 cm³/mol. The molecule has 6 heteroatoms. The molecule has 1 aliphatic heterocycles. The second-order valence-corrected chi connectivity index (χ2v) is 4.39. The molecule has 0 atom stereocenters. The molecule has 1 heterocycles. The van der Waals surface area contributed by atoms with E-state index >= 15 is 0 Å². The zero-order valence-corrected chi connectivity index (χ0v) is 10.8. The number of benzene rings is 1. The highest BCUT2D eigenvalue weighted by molar-refractivity contribution is 5.89. The SMILES string of the molecule is O=C(NCCN1CCOCC1)Nc1cccc(O)c1. The van der Waals surface area contributed by atoms with Crippen molar-refractivity contribution in [2.45, 2.75) is 0 Å². The van der Waals surface area contributed by atoms with E-state index in [1.54, 1.807) is 18.2 Å².